The Kier molecular flexibility index (Phi) is 2.80. The molecule has 0 bridgehead atoms. The predicted molar refractivity (Wildman–Crippen MR) is 68.4 cm³/mol. The van der Waals surface area contributed by atoms with Crippen molar-refractivity contribution < 1.29 is 9.59 Å². The summed E-state index contributed by atoms with van der Waals surface area (Å²) in [5.41, 5.74) is 0.496. The molecule has 0 radical (unpaired) electrons. The van der Waals surface area contributed by atoms with E-state index in [2.05, 4.69) is 10.4 Å². The van der Waals surface area contributed by atoms with Crippen molar-refractivity contribution in [3.63, 3.8) is 0 Å². The monoisotopic (exact) mass is 262 g/mol. The molecule has 1 saturated heterocycles. The van der Waals surface area contributed by atoms with Crippen molar-refractivity contribution in [2.75, 3.05) is 6.54 Å². The van der Waals surface area contributed by atoms with Gasteiger partial charge < -0.3 is 4.90 Å². The number of aromatic nitrogens is 2. The van der Waals surface area contributed by atoms with Crippen LogP contribution in [0.4, 0.5) is 4.79 Å². The number of urea groups is 1. The van der Waals surface area contributed by atoms with Crippen LogP contribution in [0.5, 0.6) is 0 Å². The summed E-state index contributed by atoms with van der Waals surface area (Å²) in [5.74, 6) is -0.111. The predicted octanol–water partition coefficient (Wildman–Crippen LogP) is 0.827. The van der Waals surface area contributed by atoms with E-state index in [1.54, 1.807) is 15.8 Å². The van der Waals surface area contributed by atoms with Crippen LogP contribution in [0.1, 0.15) is 31.4 Å². The lowest BCUT2D eigenvalue weighted by molar-refractivity contribution is -0.126. The number of hydrogen-bond donors (Lipinski definition) is 1. The number of hydrogen-bond acceptors (Lipinski definition) is 3. The van der Waals surface area contributed by atoms with Crippen molar-refractivity contribution in [1.82, 2.24) is 20.0 Å². The van der Waals surface area contributed by atoms with E-state index in [9.17, 15) is 9.59 Å². The molecule has 1 N–H and O–H groups in total. The largest absolute Gasteiger partial charge is 0.325 e. The van der Waals surface area contributed by atoms with Crippen molar-refractivity contribution in [2.24, 2.45) is 7.05 Å². The number of carbonyl (C=O) groups is 2. The van der Waals surface area contributed by atoms with Gasteiger partial charge in [0.25, 0.3) is 5.91 Å². The summed E-state index contributed by atoms with van der Waals surface area (Å²) in [6.07, 6.45) is 6.08. The number of nitrogens with zero attached hydrogens (tertiary/aromatic N) is 3. The second-order valence-corrected chi connectivity index (χ2v) is 5.35. The first-order valence-electron chi connectivity index (χ1n) is 6.73. The first kappa shape index (κ1) is 12.2. The zero-order chi connectivity index (χ0) is 13.5. The lowest BCUT2D eigenvalue weighted by atomic mass is 9.96. The zero-order valence-corrected chi connectivity index (χ0v) is 11.1. The molecule has 102 valence electrons. The molecule has 3 amide bonds. The lowest BCUT2D eigenvalue weighted by Gasteiger charge is -2.31. The van der Waals surface area contributed by atoms with E-state index >= 15 is 0 Å². The van der Waals surface area contributed by atoms with E-state index < -0.39 is 5.54 Å². The molecule has 19 heavy (non-hydrogen) atoms. The minimum atomic E-state index is -0.574. The Balaban J connectivity index is 1.77. The topological polar surface area (TPSA) is 67.2 Å². The summed E-state index contributed by atoms with van der Waals surface area (Å²) >= 11 is 0. The third kappa shape index (κ3) is 1.82. The Hall–Kier alpha value is -1.85. The fourth-order valence-electron chi connectivity index (χ4n) is 3.24. The Morgan fingerprint density at radius 3 is 2.74 bits per heavy atom. The van der Waals surface area contributed by atoms with Crippen molar-refractivity contribution in [3.05, 3.63) is 18.0 Å². The molecule has 6 nitrogen and oxygen atoms in total. The second kappa shape index (κ2) is 4.36. The minimum Gasteiger partial charge on any atom is -0.309 e. The first-order valence-corrected chi connectivity index (χ1v) is 6.73. The summed E-state index contributed by atoms with van der Waals surface area (Å²) in [7, 11) is 1.88. The maximum Gasteiger partial charge on any atom is 0.325 e. The molecule has 1 aromatic heterocycles. The van der Waals surface area contributed by atoms with Gasteiger partial charge in [-0.05, 0) is 18.9 Å². The van der Waals surface area contributed by atoms with Gasteiger partial charge in [0.1, 0.15) is 5.54 Å². The molecule has 0 unspecified atom stereocenters. The molecule has 2 aliphatic rings. The number of aryl methyl sites for hydroxylation is 1. The smallest absolute Gasteiger partial charge is 0.309 e. The molecule has 2 heterocycles. The number of amides is 3. The van der Waals surface area contributed by atoms with Gasteiger partial charge >= 0.3 is 6.03 Å². The number of nitrogens with one attached hydrogen (secondary N) is 1. The van der Waals surface area contributed by atoms with Crippen LogP contribution in [-0.4, -0.2) is 38.7 Å². The van der Waals surface area contributed by atoms with E-state index in [0.717, 1.165) is 37.8 Å². The highest BCUT2D eigenvalue weighted by Crippen LogP contribution is 2.38. The Morgan fingerprint density at radius 1 is 1.37 bits per heavy atom. The molecular weight excluding hydrogens is 244 g/mol. The molecule has 2 fully saturated rings. The fourth-order valence-corrected chi connectivity index (χ4v) is 3.24. The first-order chi connectivity index (χ1) is 9.13. The van der Waals surface area contributed by atoms with Gasteiger partial charge in [0.05, 0.1) is 0 Å². The van der Waals surface area contributed by atoms with Crippen LogP contribution >= 0.6 is 0 Å². The average molecular weight is 262 g/mol. The molecule has 1 aliphatic heterocycles. The fraction of sp³-hybridized carbons (Fsp3) is 0.615. The second-order valence-electron chi connectivity index (χ2n) is 5.35. The zero-order valence-electron chi connectivity index (χ0n) is 11.1. The van der Waals surface area contributed by atoms with Crippen molar-refractivity contribution in [3.8, 4) is 0 Å². The Labute approximate surface area is 111 Å². The number of carbonyl (C=O) groups excluding carboxylic acids is 2. The summed E-state index contributed by atoms with van der Waals surface area (Å²) in [4.78, 5) is 25.7. The quantitative estimate of drug-likeness (QED) is 0.820. The molecule has 1 spiro atoms. The highest BCUT2D eigenvalue weighted by Gasteiger charge is 2.53. The van der Waals surface area contributed by atoms with Gasteiger partial charge in [-0.25, -0.2) is 4.79 Å². The van der Waals surface area contributed by atoms with Crippen LogP contribution in [0.3, 0.4) is 0 Å². The van der Waals surface area contributed by atoms with Crippen LogP contribution < -0.4 is 5.32 Å². The minimum absolute atomic E-state index is 0.111. The molecular formula is C13H18N4O2. The standard InChI is InChI=1S/C13H18N4O2/c1-16-10(4-8-14-16)5-9-17-12(19)15-11(18)13(17)6-2-3-7-13/h4,8H,2-3,5-7,9H2,1H3,(H,15,18,19). The Bertz CT molecular complexity index is 516. The molecule has 0 aromatic carbocycles. The SMILES string of the molecule is Cn1nccc1CCN1C(=O)NC(=O)C12CCCC2. The van der Waals surface area contributed by atoms with E-state index in [-0.39, 0.29) is 11.9 Å². The molecule has 1 aliphatic carbocycles. The van der Waals surface area contributed by atoms with Crippen molar-refractivity contribution in [2.45, 2.75) is 37.6 Å². The summed E-state index contributed by atoms with van der Waals surface area (Å²) in [5, 5.41) is 6.59. The summed E-state index contributed by atoms with van der Waals surface area (Å²) in [6.45, 7) is 0.567. The summed E-state index contributed by atoms with van der Waals surface area (Å²) < 4.78 is 1.80. The molecule has 0 atom stereocenters. The van der Waals surface area contributed by atoms with Gasteiger partial charge in [0, 0.05) is 31.9 Å². The maximum atomic E-state index is 12.1. The third-order valence-electron chi connectivity index (χ3n) is 4.35. The van der Waals surface area contributed by atoms with Gasteiger partial charge in [0.2, 0.25) is 0 Å². The molecule has 1 aromatic rings. The third-order valence-corrected chi connectivity index (χ3v) is 4.35. The average Bonchev–Trinajstić information content (AvgIpc) is 3.04. The van der Waals surface area contributed by atoms with Crippen LogP contribution in [-0.2, 0) is 18.3 Å². The summed E-state index contributed by atoms with van der Waals surface area (Å²) in [6, 6.07) is 1.70. The molecule has 1 saturated carbocycles. The van der Waals surface area contributed by atoms with E-state index in [4.69, 9.17) is 0 Å². The molecule has 3 rings (SSSR count). The van der Waals surface area contributed by atoms with Crippen LogP contribution in [0, 0.1) is 0 Å². The van der Waals surface area contributed by atoms with E-state index in [1.165, 1.54) is 0 Å². The van der Waals surface area contributed by atoms with Gasteiger partial charge in [0.15, 0.2) is 0 Å². The molecule has 6 heteroatoms. The highest BCUT2D eigenvalue weighted by molar-refractivity contribution is 6.07. The number of rotatable bonds is 3. The van der Waals surface area contributed by atoms with Gasteiger partial charge in [-0.2, -0.15) is 5.10 Å². The Morgan fingerprint density at radius 2 is 2.11 bits per heavy atom. The number of imide groups is 1. The van der Waals surface area contributed by atoms with Gasteiger partial charge in [-0.3, -0.25) is 14.8 Å². The van der Waals surface area contributed by atoms with Crippen LogP contribution in [0.25, 0.3) is 0 Å². The van der Waals surface area contributed by atoms with Gasteiger partial charge in [-0.1, -0.05) is 12.8 Å². The van der Waals surface area contributed by atoms with E-state index in [0.29, 0.717) is 6.54 Å². The van der Waals surface area contributed by atoms with Crippen molar-refractivity contribution in [1.29, 1.82) is 0 Å². The van der Waals surface area contributed by atoms with Crippen molar-refractivity contribution >= 4 is 11.9 Å². The maximum absolute atomic E-state index is 12.1. The van der Waals surface area contributed by atoms with E-state index in [1.807, 2.05) is 13.1 Å². The highest BCUT2D eigenvalue weighted by atomic mass is 16.2. The lowest BCUT2D eigenvalue weighted by Crippen LogP contribution is -2.48. The van der Waals surface area contributed by atoms with Crippen LogP contribution in [0.15, 0.2) is 12.3 Å². The normalized spacial score (nSPS) is 21.4. The van der Waals surface area contributed by atoms with Gasteiger partial charge in [-0.15, -0.1) is 0 Å². The van der Waals surface area contributed by atoms with Crippen LogP contribution in [0.2, 0.25) is 0 Å².